The highest BCUT2D eigenvalue weighted by atomic mass is 31.2. The van der Waals surface area contributed by atoms with Crippen LogP contribution in [0.3, 0.4) is 0 Å². The normalized spacial score (nSPS) is 14.1. The molecular formula is C87H170O17P2. The Hall–Kier alpha value is -1.94. The molecule has 0 aromatic carbocycles. The Bertz CT molecular complexity index is 2030. The third-order valence-corrected chi connectivity index (χ3v) is 22.7. The predicted octanol–water partition coefficient (Wildman–Crippen LogP) is 26.6. The molecule has 17 nitrogen and oxygen atoms in total. The van der Waals surface area contributed by atoms with Crippen molar-refractivity contribution in [2.45, 2.75) is 484 Å². The number of aliphatic hydroxyl groups is 1. The summed E-state index contributed by atoms with van der Waals surface area (Å²) < 4.78 is 69.0. The summed E-state index contributed by atoms with van der Waals surface area (Å²) in [5.41, 5.74) is 0. The Labute approximate surface area is 651 Å². The van der Waals surface area contributed by atoms with Crippen molar-refractivity contribution in [2.75, 3.05) is 39.6 Å². The molecule has 0 amide bonds. The van der Waals surface area contributed by atoms with E-state index in [0.29, 0.717) is 25.7 Å². The van der Waals surface area contributed by atoms with Gasteiger partial charge < -0.3 is 33.8 Å². The molecule has 0 radical (unpaired) electrons. The second-order valence-corrected chi connectivity index (χ2v) is 34.9. The Morgan fingerprint density at radius 3 is 0.717 bits per heavy atom. The Kier molecular flexibility index (Phi) is 76.9. The van der Waals surface area contributed by atoms with E-state index in [1.807, 2.05) is 0 Å². The lowest BCUT2D eigenvalue weighted by Gasteiger charge is -2.21. The standard InChI is InChI=1S/C87H170O17P2/c1-7-10-12-14-16-18-20-22-24-26-28-29-30-32-34-36-38-47-53-59-65-71-86(91)103-82(75-97-84(89)69-63-57-51-45-37-35-33-31-27-25-23-21-19-17-15-13-11-8-2)77-101-105(93,94)99-73-81(88)74-100-106(95,96)102-78-83(76-98-85(90)70-64-58-52-46-41-39-43-49-55-61-67-79(4)5)104-87(92)72-66-60-54-48-42-40-44-50-56-62-68-80(6)9-3/h79-83,88H,7-78H2,1-6H3,(H,93,94)(H,95,96)/t80?,81-,82-,83-/m1/s1. The highest BCUT2D eigenvalue weighted by Crippen LogP contribution is 2.45. The number of rotatable bonds is 86. The first-order chi connectivity index (χ1) is 51.4. The van der Waals surface area contributed by atoms with Crippen molar-refractivity contribution in [1.29, 1.82) is 0 Å². The van der Waals surface area contributed by atoms with Gasteiger partial charge in [0.2, 0.25) is 0 Å². The first kappa shape index (κ1) is 104. The number of esters is 4. The number of aliphatic hydroxyl groups excluding tert-OH is 1. The van der Waals surface area contributed by atoms with Crippen LogP contribution in [0.4, 0.5) is 0 Å². The van der Waals surface area contributed by atoms with E-state index in [9.17, 15) is 43.2 Å². The minimum atomic E-state index is -4.97. The SMILES string of the molecule is CCCCCCCCCCCCCCCCCCCCCCCC(=O)O[C@H](COC(=O)CCCCCCCCCCCCCCCCCCCC)COP(=O)(O)OC[C@@H](O)COP(=O)(O)OC[C@@H](COC(=O)CCCCCCCCCCCCC(C)C)OC(=O)CCCCCCCCCCCCC(C)CC. The van der Waals surface area contributed by atoms with Crippen molar-refractivity contribution in [2.24, 2.45) is 11.8 Å². The summed E-state index contributed by atoms with van der Waals surface area (Å²) in [6, 6.07) is 0. The van der Waals surface area contributed by atoms with Gasteiger partial charge in [0.15, 0.2) is 12.2 Å². The lowest BCUT2D eigenvalue weighted by atomic mass is 9.99. The zero-order valence-electron chi connectivity index (χ0n) is 69.7. The first-order valence-electron chi connectivity index (χ1n) is 45.0. The van der Waals surface area contributed by atoms with Gasteiger partial charge in [-0.2, -0.15) is 0 Å². The second kappa shape index (κ2) is 78.3. The van der Waals surface area contributed by atoms with Gasteiger partial charge in [-0.3, -0.25) is 37.3 Å². The van der Waals surface area contributed by atoms with Crippen molar-refractivity contribution in [3.05, 3.63) is 0 Å². The first-order valence-corrected chi connectivity index (χ1v) is 48.0. The van der Waals surface area contributed by atoms with Crippen LogP contribution in [-0.2, 0) is 65.4 Å². The maximum Gasteiger partial charge on any atom is 0.472 e. The second-order valence-electron chi connectivity index (χ2n) is 32.0. The van der Waals surface area contributed by atoms with E-state index in [4.69, 9.17) is 37.0 Å². The average molecular weight is 1550 g/mol. The third kappa shape index (κ3) is 78.7. The van der Waals surface area contributed by atoms with E-state index >= 15 is 0 Å². The molecule has 0 saturated carbocycles. The lowest BCUT2D eigenvalue weighted by molar-refractivity contribution is -0.161. The summed E-state index contributed by atoms with van der Waals surface area (Å²) in [4.78, 5) is 73.3. The van der Waals surface area contributed by atoms with Gasteiger partial charge in [0.1, 0.15) is 19.3 Å². The van der Waals surface area contributed by atoms with Gasteiger partial charge in [0.05, 0.1) is 26.4 Å². The molecule has 0 saturated heterocycles. The number of phosphoric ester groups is 2. The fourth-order valence-corrected chi connectivity index (χ4v) is 15.1. The van der Waals surface area contributed by atoms with E-state index < -0.39 is 97.5 Å². The maximum absolute atomic E-state index is 13.2. The van der Waals surface area contributed by atoms with E-state index in [2.05, 4.69) is 41.5 Å². The molecule has 630 valence electrons. The molecule has 0 aliphatic rings. The van der Waals surface area contributed by atoms with Crippen LogP contribution in [0.1, 0.15) is 465 Å². The van der Waals surface area contributed by atoms with Crippen LogP contribution < -0.4 is 0 Å². The molecule has 0 rings (SSSR count). The van der Waals surface area contributed by atoms with Crippen molar-refractivity contribution in [3.8, 4) is 0 Å². The topological polar surface area (TPSA) is 237 Å². The summed E-state index contributed by atoms with van der Waals surface area (Å²) in [5.74, 6) is -0.540. The molecule has 106 heavy (non-hydrogen) atoms. The number of carbonyl (C=O) groups excluding carboxylic acids is 4. The number of carbonyl (C=O) groups is 4. The van der Waals surface area contributed by atoms with Crippen molar-refractivity contribution in [1.82, 2.24) is 0 Å². The molecule has 0 aromatic rings. The molecule has 19 heteroatoms. The van der Waals surface area contributed by atoms with Crippen LogP contribution in [0.5, 0.6) is 0 Å². The zero-order chi connectivity index (χ0) is 77.8. The predicted molar refractivity (Wildman–Crippen MR) is 437 cm³/mol. The van der Waals surface area contributed by atoms with E-state index in [1.54, 1.807) is 0 Å². The fourth-order valence-electron chi connectivity index (χ4n) is 13.6. The van der Waals surface area contributed by atoms with E-state index in [-0.39, 0.29) is 25.7 Å². The number of ether oxygens (including phenoxy) is 4. The molecule has 0 aliphatic heterocycles. The van der Waals surface area contributed by atoms with Gasteiger partial charge >= 0.3 is 39.5 Å². The van der Waals surface area contributed by atoms with Crippen LogP contribution in [-0.4, -0.2) is 96.7 Å². The summed E-state index contributed by atoms with van der Waals surface area (Å²) in [7, 11) is -9.93. The van der Waals surface area contributed by atoms with Crippen LogP contribution in [0.15, 0.2) is 0 Å². The minimum Gasteiger partial charge on any atom is -0.462 e. The molecule has 0 bridgehead atoms. The highest BCUT2D eigenvalue weighted by molar-refractivity contribution is 7.47. The fraction of sp³-hybridized carbons (Fsp3) is 0.954. The monoisotopic (exact) mass is 1550 g/mol. The molecule has 0 spiro atoms. The van der Waals surface area contributed by atoms with Gasteiger partial charge in [-0.05, 0) is 37.5 Å². The third-order valence-electron chi connectivity index (χ3n) is 20.8. The molecule has 3 N–H and O–H groups in total. The summed E-state index contributed by atoms with van der Waals surface area (Å²) in [6.45, 7) is 9.69. The van der Waals surface area contributed by atoms with Gasteiger partial charge in [0.25, 0.3) is 0 Å². The summed E-state index contributed by atoms with van der Waals surface area (Å²) >= 11 is 0. The smallest absolute Gasteiger partial charge is 0.462 e. The maximum atomic E-state index is 13.2. The van der Waals surface area contributed by atoms with Crippen LogP contribution in [0, 0.1) is 11.8 Å². The Morgan fingerprint density at radius 2 is 0.481 bits per heavy atom. The Morgan fingerprint density at radius 1 is 0.274 bits per heavy atom. The largest absolute Gasteiger partial charge is 0.472 e. The zero-order valence-corrected chi connectivity index (χ0v) is 71.5. The summed E-state index contributed by atoms with van der Waals surface area (Å²) in [5, 5.41) is 10.7. The number of unbranched alkanes of at least 4 members (excludes halogenated alkanes) is 55. The van der Waals surface area contributed by atoms with Crippen LogP contribution in [0.25, 0.3) is 0 Å². The molecule has 0 aromatic heterocycles. The molecule has 6 atom stereocenters. The van der Waals surface area contributed by atoms with Crippen LogP contribution in [0.2, 0.25) is 0 Å². The average Bonchev–Trinajstić information content (AvgIpc) is 0.901. The molecular weight excluding hydrogens is 1380 g/mol. The molecule has 0 heterocycles. The lowest BCUT2D eigenvalue weighted by Crippen LogP contribution is -2.30. The van der Waals surface area contributed by atoms with Crippen LogP contribution >= 0.6 is 15.6 Å². The number of hydrogen-bond donors (Lipinski definition) is 3. The molecule has 3 unspecified atom stereocenters. The number of hydrogen-bond acceptors (Lipinski definition) is 15. The van der Waals surface area contributed by atoms with E-state index in [0.717, 1.165) is 102 Å². The van der Waals surface area contributed by atoms with Crippen molar-refractivity contribution in [3.63, 3.8) is 0 Å². The van der Waals surface area contributed by atoms with Gasteiger partial charge in [-0.1, -0.05) is 414 Å². The van der Waals surface area contributed by atoms with E-state index in [1.165, 1.54) is 283 Å². The summed E-state index contributed by atoms with van der Waals surface area (Å²) in [6.07, 6.45) is 70.8. The van der Waals surface area contributed by atoms with Crippen molar-refractivity contribution < 1.29 is 80.2 Å². The van der Waals surface area contributed by atoms with Gasteiger partial charge in [0, 0.05) is 25.7 Å². The number of phosphoric acid groups is 2. The van der Waals surface area contributed by atoms with Gasteiger partial charge in [-0.25, -0.2) is 9.13 Å². The highest BCUT2D eigenvalue weighted by Gasteiger charge is 2.30. The Balaban J connectivity index is 5.25. The molecule has 0 fully saturated rings. The van der Waals surface area contributed by atoms with Crippen molar-refractivity contribution >= 4 is 39.5 Å². The quantitative estimate of drug-likeness (QED) is 0.0222. The van der Waals surface area contributed by atoms with Gasteiger partial charge in [-0.15, -0.1) is 0 Å². The molecule has 0 aliphatic carbocycles. The minimum absolute atomic E-state index is 0.106.